The summed E-state index contributed by atoms with van der Waals surface area (Å²) in [5.74, 6) is 0.530. The molecule has 3 atom stereocenters. The van der Waals surface area contributed by atoms with Crippen molar-refractivity contribution in [2.75, 3.05) is 6.54 Å². The van der Waals surface area contributed by atoms with Crippen molar-refractivity contribution in [1.29, 1.82) is 0 Å². The topological polar surface area (TPSA) is 40.5 Å². The fraction of sp³-hybridized carbons (Fsp3) is 0.938. The van der Waals surface area contributed by atoms with Gasteiger partial charge in [-0.3, -0.25) is 9.69 Å². The molecule has 0 aromatic carbocycles. The second-order valence-corrected chi connectivity index (χ2v) is 7.73. The lowest BCUT2D eigenvalue weighted by Crippen LogP contribution is -2.47. The third kappa shape index (κ3) is 2.42. The Balaban J connectivity index is 1.72. The van der Waals surface area contributed by atoms with Crippen molar-refractivity contribution in [1.82, 2.24) is 4.90 Å². The van der Waals surface area contributed by atoms with Gasteiger partial charge in [0.2, 0.25) is 0 Å². The molecule has 2 saturated carbocycles. The van der Waals surface area contributed by atoms with E-state index in [4.69, 9.17) is 0 Å². The van der Waals surface area contributed by atoms with Crippen molar-refractivity contribution in [3.63, 3.8) is 0 Å². The van der Waals surface area contributed by atoms with E-state index in [1.165, 1.54) is 38.5 Å². The number of fused-ring (bicyclic) bond motifs is 1. The maximum atomic E-state index is 11.7. The van der Waals surface area contributed by atoms with Gasteiger partial charge in [-0.25, -0.2) is 0 Å². The molecule has 1 saturated heterocycles. The molecule has 0 spiro atoms. The van der Waals surface area contributed by atoms with Crippen molar-refractivity contribution in [2.24, 2.45) is 17.3 Å². The van der Waals surface area contributed by atoms with Crippen LogP contribution in [0.15, 0.2) is 0 Å². The van der Waals surface area contributed by atoms with E-state index < -0.39 is 5.97 Å². The van der Waals surface area contributed by atoms with Gasteiger partial charge in [-0.2, -0.15) is 0 Å². The normalized spacial score (nSPS) is 39.4. The molecule has 3 fully saturated rings. The van der Waals surface area contributed by atoms with Crippen LogP contribution in [0.3, 0.4) is 0 Å². The van der Waals surface area contributed by atoms with E-state index in [1.54, 1.807) is 0 Å². The molecule has 3 aliphatic rings. The summed E-state index contributed by atoms with van der Waals surface area (Å²) in [6.07, 6.45) is 8.50. The molecule has 2 aliphatic carbocycles. The number of hydrogen-bond acceptors (Lipinski definition) is 2. The van der Waals surface area contributed by atoms with Gasteiger partial charge in [-0.15, -0.1) is 0 Å². The van der Waals surface area contributed by atoms with E-state index in [-0.39, 0.29) is 6.04 Å². The van der Waals surface area contributed by atoms with Crippen molar-refractivity contribution < 1.29 is 9.90 Å². The molecule has 0 amide bonds. The average Bonchev–Trinajstić information content (AvgIpc) is 2.87. The lowest BCUT2D eigenvalue weighted by atomic mass is 9.75. The van der Waals surface area contributed by atoms with Crippen molar-refractivity contribution >= 4 is 5.97 Å². The minimum atomic E-state index is -0.570. The predicted molar refractivity (Wildman–Crippen MR) is 75.0 cm³/mol. The molecule has 0 aromatic rings. The SMILES string of the molecule is CC1(C)CCC(N2CC3CCCC3C2C(=O)O)CC1. The smallest absolute Gasteiger partial charge is 0.321 e. The Bertz CT molecular complexity index is 356. The second-order valence-electron chi connectivity index (χ2n) is 7.73. The van der Waals surface area contributed by atoms with Crippen LogP contribution in [0.5, 0.6) is 0 Å². The second kappa shape index (κ2) is 4.76. The van der Waals surface area contributed by atoms with E-state index in [2.05, 4.69) is 18.7 Å². The molecule has 3 heteroatoms. The fourth-order valence-electron chi connectivity index (χ4n) is 4.76. The van der Waals surface area contributed by atoms with Gasteiger partial charge in [0.1, 0.15) is 6.04 Å². The molecule has 3 rings (SSSR count). The maximum Gasteiger partial charge on any atom is 0.321 e. The van der Waals surface area contributed by atoms with Crippen molar-refractivity contribution in [2.45, 2.75) is 70.9 Å². The van der Waals surface area contributed by atoms with Crippen LogP contribution in [0.2, 0.25) is 0 Å². The molecular weight excluding hydrogens is 238 g/mol. The van der Waals surface area contributed by atoms with Crippen LogP contribution in [0.25, 0.3) is 0 Å². The lowest BCUT2D eigenvalue weighted by Gasteiger charge is -2.40. The predicted octanol–water partition coefficient (Wildman–Crippen LogP) is 3.14. The number of nitrogens with zero attached hydrogens (tertiary/aromatic N) is 1. The molecule has 0 bridgehead atoms. The van der Waals surface area contributed by atoms with Gasteiger partial charge in [-0.1, -0.05) is 20.3 Å². The van der Waals surface area contributed by atoms with E-state index in [0.29, 0.717) is 23.3 Å². The maximum absolute atomic E-state index is 11.7. The van der Waals surface area contributed by atoms with Gasteiger partial charge in [-0.05, 0) is 55.8 Å². The summed E-state index contributed by atoms with van der Waals surface area (Å²) in [6.45, 7) is 5.74. The fourth-order valence-corrected chi connectivity index (χ4v) is 4.76. The molecule has 3 unspecified atom stereocenters. The zero-order valence-corrected chi connectivity index (χ0v) is 12.3. The molecular formula is C16H27NO2. The van der Waals surface area contributed by atoms with Crippen molar-refractivity contribution in [3.05, 3.63) is 0 Å². The average molecular weight is 265 g/mol. The largest absolute Gasteiger partial charge is 0.480 e. The zero-order valence-electron chi connectivity index (χ0n) is 12.3. The van der Waals surface area contributed by atoms with E-state index in [1.807, 2.05) is 0 Å². The van der Waals surface area contributed by atoms with Gasteiger partial charge < -0.3 is 5.11 Å². The molecule has 0 radical (unpaired) electrons. The molecule has 19 heavy (non-hydrogen) atoms. The molecule has 1 N–H and O–H groups in total. The lowest BCUT2D eigenvalue weighted by molar-refractivity contribution is -0.144. The number of carbonyl (C=O) groups is 1. The van der Waals surface area contributed by atoms with Crippen LogP contribution in [0.4, 0.5) is 0 Å². The summed E-state index contributed by atoms with van der Waals surface area (Å²) in [6, 6.07) is 0.346. The summed E-state index contributed by atoms with van der Waals surface area (Å²) in [7, 11) is 0. The van der Waals surface area contributed by atoms with Gasteiger partial charge in [0, 0.05) is 12.6 Å². The Hall–Kier alpha value is -0.570. The number of hydrogen-bond donors (Lipinski definition) is 1. The highest BCUT2D eigenvalue weighted by molar-refractivity contribution is 5.74. The first-order valence-corrected chi connectivity index (χ1v) is 7.96. The summed E-state index contributed by atoms with van der Waals surface area (Å²) < 4.78 is 0. The Morgan fingerprint density at radius 3 is 2.47 bits per heavy atom. The third-order valence-corrected chi connectivity index (χ3v) is 5.96. The Kier molecular flexibility index (Phi) is 3.36. The highest BCUT2D eigenvalue weighted by Gasteiger charge is 2.50. The van der Waals surface area contributed by atoms with Crippen LogP contribution in [-0.4, -0.2) is 34.6 Å². The van der Waals surface area contributed by atoms with Crippen LogP contribution < -0.4 is 0 Å². The molecule has 108 valence electrons. The van der Waals surface area contributed by atoms with E-state index >= 15 is 0 Å². The number of aliphatic carboxylic acids is 1. The highest BCUT2D eigenvalue weighted by atomic mass is 16.4. The first kappa shape index (κ1) is 13.4. The van der Waals surface area contributed by atoms with Crippen molar-refractivity contribution in [3.8, 4) is 0 Å². The quantitative estimate of drug-likeness (QED) is 0.834. The van der Waals surface area contributed by atoms with Crippen LogP contribution in [-0.2, 0) is 4.79 Å². The van der Waals surface area contributed by atoms with Gasteiger partial charge in [0.15, 0.2) is 0 Å². The summed E-state index contributed by atoms with van der Waals surface area (Å²) in [5, 5.41) is 9.62. The standard InChI is InChI=1S/C16H27NO2/c1-16(2)8-6-12(7-9-16)17-10-11-4-3-5-13(11)14(17)15(18)19/h11-14H,3-10H2,1-2H3,(H,18,19). The molecule has 1 aliphatic heterocycles. The monoisotopic (exact) mass is 265 g/mol. The van der Waals surface area contributed by atoms with Gasteiger partial charge >= 0.3 is 5.97 Å². The number of carboxylic acids is 1. The molecule has 0 aromatic heterocycles. The first-order valence-electron chi connectivity index (χ1n) is 7.96. The van der Waals surface area contributed by atoms with Gasteiger partial charge in [0.05, 0.1) is 0 Å². The Morgan fingerprint density at radius 2 is 1.84 bits per heavy atom. The van der Waals surface area contributed by atoms with E-state index in [9.17, 15) is 9.90 Å². The summed E-state index contributed by atoms with van der Waals surface area (Å²) in [5.41, 5.74) is 0.463. The van der Waals surface area contributed by atoms with Crippen LogP contribution in [0, 0.1) is 17.3 Å². The Labute approximate surface area is 116 Å². The number of rotatable bonds is 2. The minimum absolute atomic E-state index is 0.182. The van der Waals surface area contributed by atoms with Gasteiger partial charge in [0.25, 0.3) is 0 Å². The highest BCUT2D eigenvalue weighted by Crippen LogP contribution is 2.46. The van der Waals surface area contributed by atoms with Crippen LogP contribution >= 0.6 is 0 Å². The number of carboxylic acid groups (broad SMARTS) is 1. The number of likely N-dealkylation sites (tertiary alicyclic amines) is 1. The third-order valence-electron chi connectivity index (χ3n) is 5.96. The van der Waals surface area contributed by atoms with E-state index in [0.717, 1.165) is 13.0 Å². The first-order chi connectivity index (χ1) is 8.98. The van der Waals surface area contributed by atoms with Crippen LogP contribution in [0.1, 0.15) is 58.8 Å². The minimum Gasteiger partial charge on any atom is -0.480 e. The molecule has 3 nitrogen and oxygen atoms in total. The molecule has 1 heterocycles. The summed E-state index contributed by atoms with van der Waals surface area (Å²) >= 11 is 0. The zero-order chi connectivity index (χ0) is 13.6. The summed E-state index contributed by atoms with van der Waals surface area (Å²) in [4.78, 5) is 14.1. The Morgan fingerprint density at radius 1 is 1.16 bits per heavy atom.